The van der Waals surface area contributed by atoms with Gasteiger partial charge in [0, 0.05) is 44.0 Å². The number of nitrogens with one attached hydrogen (secondary N) is 3. The third kappa shape index (κ3) is 9.61. The molecule has 1 aromatic heterocycles. The highest BCUT2D eigenvalue weighted by atomic mass is 19.1. The number of hydrogen-bond acceptors (Lipinski definition) is 9. The van der Waals surface area contributed by atoms with Gasteiger partial charge in [0.15, 0.2) is 0 Å². The number of rotatable bonds is 7. The lowest BCUT2D eigenvalue weighted by Crippen LogP contribution is -2.63. The summed E-state index contributed by atoms with van der Waals surface area (Å²) in [4.78, 5) is 106. The van der Waals surface area contributed by atoms with Crippen molar-refractivity contribution in [1.82, 2.24) is 35.6 Å². The molecule has 6 rings (SSSR count). The lowest BCUT2D eigenvalue weighted by atomic mass is 9.99. The van der Waals surface area contributed by atoms with Gasteiger partial charge in [-0.15, -0.1) is 0 Å². The number of halogens is 2. The van der Waals surface area contributed by atoms with E-state index < -0.39 is 95.4 Å². The van der Waals surface area contributed by atoms with Crippen LogP contribution < -0.4 is 16.0 Å². The Hall–Kier alpha value is -5.48. The minimum absolute atomic E-state index is 0.0402. The SMILES string of the molecule is Cc1ccc(CC(=O)N[C@@H](Cc2cc(F)cc(F)c2)C(=O)N[C@@H]2C(=O)N3CCC[C@H]3C(=O)N3CCCC[C@H]3C(=O)N[C@@H](C)C(=O)N3C[C@@H](C)C[C@H]3C(=O)O[C@H]2C)cn1. The van der Waals surface area contributed by atoms with Crippen LogP contribution >= 0.6 is 0 Å². The highest BCUT2D eigenvalue weighted by Gasteiger charge is 2.47. The molecule has 0 aliphatic carbocycles. The first-order chi connectivity index (χ1) is 27.6. The standard InChI is InChI=1S/C41H51F2N7O8/c1-22-14-33-41(57)58-25(4)35(47-36(52)30(17-27-15-28(42)19-29(43)16-27)46-34(51)18-26-11-10-23(2)44-20-26)40(56)49-13-7-9-32(49)39(55)48-12-6-5-8-31(48)37(53)45-24(3)38(54)50(33)21-22/h10-11,15-16,19-20,22,24-25,30-33,35H,5-9,12-14,17-18,21H2,1-4H3,(H,45,53)(H,46,51)(H,47,52)/t22-,24-,25-,30-,31-,32-,33-,35-/m0/s1. The second kappa shape index (κ2) is 18.0. The van der Waals surface area contributed by atoms with Crippen LogP contribution in [0.3, 0.4) is 0 Å². The van der Waals surface area contributed by atoms with Gasteiger partial charge in [-0.25, -0.2) is 13.6 Å². The first-order valence-corrected chi connectivity index (χ1v) is 20.0. The molecule has 4 aliphatic rings. The maximum absolute atomic E-state index is 14.7. The average Bonchev–Trinajstić information content (AvgIpc) is 3.83. The minimum atomic E-state index is -1.61. The Balaban J connectivity index is 1.34. The van der Waals surface area contributed by atoms with Crippen LogP contribution in [0.15, 0.2) is 36.5 Å². The summed E-state index contributed by atoms with van der Waals surface area (Å²) in [5, 5.41) is 8.04. The molecule has 0 radical (unpaired) electrons. The molecular weight excluding hydrogens is 756 g/mol. The van der Waals surface area contributed by atoms with E-state index in [1.807, 2.05) is 6.92 Å². The first-order valence-electron chi connectivity index (χ1n) is 20.0. The summed E-state index contributed by atoms with van der Waals surface area (Å²) in [6, 6.07) is -0.928. The van der Waals surface area contributed by atoms with E-state index in [9.17, 15) is 42.3 Å². The summed E-state index contributed by atoms with van der Waals surface area (Å²) in [5.74, 6) is -6.51. The van der Waals surface area contributed by atoms with Crippen LogP contribution in [0.25, 0.3) is 0 Å². The van der Waals surface area contributed by atoms with Gasteiger partial charge in [0.05, 0.1) is 6.42 Å². The predicted octanol–water partition coefficient (Wildman–Crippen LogP) is 1.48. The largest absolute Gasteiger partial charge is 0.458 e. The van der Waals surface area contributed by atoms with E-state index in [0.717, 1.165) is 17.8 Å². The van der Waals surface area contributed by atoms with Crippen molar-refractivity contribution in [2.75, 3.05) is 19.6 Å². The zero-order chi connectivity index (χ0) is 41.8. The minimum Gasteiger partial charge on any atom is -0.458 e. The molecule has 4 fully saturated rings. The van der Waals surface area contributed by atoms with Crippen LogP contribution in [0.4, 0.5) is 8.78 Å². The van der Waals surface area contributed by atoms with E-state index in [2.05, 4.69) is 20.9 Å². The van der Waals surface area contributed by atoms with Crippen LogP contribution in [-0.2, 0) is 51.1 Å². The van der Waals surface area contributed by atoms with Crippen LogP contribution in [0.5, 0.6) is 0 Å². The summed E-state index contributed by atoms with van der Waals surface area (Å²) in [6.45, 7) is 7.17. The monoisotopic (exact) mass is 807 g/mol. The van der Waals surface area contributed by atoms with E-state index in [1.54, 1.807) is 19.1 Å². The Morgan fingerprint density at radius 1 is 0.862 bits per heavy atom. The van der Waals surface area contributed by atoms with Crippen LogP contribution in [0, 0.1) is 24.5 Å². The summed E-state index contributed by atoms with van der Waals surface area (Å²) < 4.78 is 34.5. The van der Waals surface area contributed by atoms with Crippen molar-refractivity contribution in [2.24, 2.45) is 5.92 Å². The molecule has 3 N–H and O–H groups in total. The van der Waals surface area contributed by atoms with Gasteiger partial charge in [-0.05, 0) is 94.5 Å². The number of piperidine rings is 1. The maximum atomic E-state index is 14.7. The van der Waals surface area contributed by atoms with Gasteiger partial charge in [-0.2, -0.15) is 0 Å². The molecule has 0 saturated carbocycles. The maximum Gasteiger partial charge on any atom is 0.329 e. The number of nitrogens with zero attached hydrogens (tertiary/aromatic N) is 4. The number of esters is 1. The molecule has 5 heterocycles. The zero-order valence-corrected chi connectivity index (χ0v) is 33.2. The van der Waals surface area contributed by atoms with E-state index in [-0.39, 0.29) is 56.8 Å². The fourth-order valence-corrected chi connectivity index (χ4v) is 8.43. The Morgan fingerprint density at radius 3 is 2.26 bits per heavy atom. The normalized spacial score (nSPS) is 27.6. The topological polar surface area (TPSA) is 187 Å². The Morgan fingerprint density at radius 2 is 1.55 bits per heavy atom. The van der Waals surface area contributed by atoms with E-state index >= 15 is 0 Å². The number of hydrogen-bond donors (Lipinski definition) is 3. The molecule has 0 bridgehead atoms. The molecule has 1 aromatic carbocycles. The summed E-state index contributed by atoms with van der Waals surface area (Å²) >= 11 is 0. The molecule has 4 saturated heterocycles. The zero-order valence-electron chi connectivity index (χ0n) is 33.2. The summed E-state index contributed by atoms with van der Waals surface area (Å²) in [7, 11) is 0. The van der Waals surface area contributed by atoms with Gasteiger partial charge in [0.2, 0.25) is 35.4 Å². The number of carbonyl (C=O) groups is 7. The Kier molecular flexibility index (Phi) is 13.1. The van der Waals surface area contributed by atoms with Gasteiger partial charge in [0.1, 0.15) is 54.0 Å². The lowest BCUT2D eigenvalue weighted by Gasteiger charge is -2.39. The third-order valence-corrected chi connectivity index (χ3v) is 11.4. The molecule has 15 nitrogen and oxygen atoms in total. The van der Waals surface area contributed by atoms with Gasteiger partial charge in [0.25, 0.3) is 0 Å². The number of aryl methyl sites for hydroxylation is 1. The second-order valence-electron chi connectivity index (χ2n) is 16.0. The second-order valence-corrected chi connectivity index (χ2v) is 16.0. The number of ether oxygens (including phenoxy) is 1. The summed E-state index contributed by atoms with van der Waals surface area (Å²) in [5.41, 5.74) is 1.30. The highest BCUT2D eigenvalue weighted by molar-refractivity contribution is 5.98. The van der Waals surface area contributed by atoms with Crippen molar-refractivity contribution in [3.8, 4) is 0 Å². The number of benzene rings is 1. The van der Waals surface area contributed by atoms with Crippen molar-refractivity contribution in [1.29, 1.82) is 0 Å². The molecule has 312 valence electrons. The number of cyclic esters (lactones) is 1. The quantitative estimate of drug-likeness (QED) is 0.349. The molecule has 0 unspecified atom stereocenters. The fourth-order valence-electron chi connectivity index (χ4n) is 8.43. The van der Waals surface area contributed by atoms with Crippen molar-refractivity contribution in [3.63, 3.8) is 0 Å². The number of amides is 6. The highest BCUT2D eigenvalue weighted by Crippen LogP contribution is 2.29. The number of carbonyl (C=O) groups excluding carboxylic acids is 7. The molecule has 0 spiro atoms. The van der Waals surface area contributed by atoms with E-state index in [4.69, 9.17) is 4.74 Å². The van der Waals surface area contributed by atoms with Crippen molar-refractivity contribution >= 4 is 41.4 Å². The molecule has 17 heteroatoms. The van der Waals surface area contributed by atoms with Crippen LogP contribution in [0.2, 0.25) is 0 Å². The Labute approximate surface area is 335 Å². The van der Waals surface area contributed by atoms with Gasteiger partial charge in [-0.3, -0.25) is 33.8 Å². The van der Waals surface area contributed by atoms with E-state index in [0.29, 0.717) is 37.3 Å². The molecule has 6 amide bonds. The van der Waals surface area contributed by atoms with Crippen molar-refractivity contribution in [3.05, 3.63) is 65.0 Å². The Bertz CT molecular complexity index is 1910. The molecular formula is C41H51F2N7O8. The third-order valence-electron chi connectivity index (χ3n) is 11.4. The predicted molar refractivity (Wildman–Crippen MR) is 203 cm³/mol. The average molecular weight is 808 g/mol. The van der Waals surface area contributed by atoms with E-state index in [1.165, 1.54) is 34.7 Å². The van der Waals surface area contributed by atoms with Crippen LogP contribution in [-0.4, -0.2) is 123 Å². The molecule has 8 atom stereocenters. The fraction of sp³-hybridized carbons (Fsp3) is 0.561. The number of fused-ring (bicyclic) bond motifs is 3. The van der Waals surface area contributed by atoms with Gasteiger partial charge >= 0.3 is 5.97 Å². The van der Waals surface area contributed by atoms with Crippen molar-refractivity contribution in [2.45, 2.75) is 121 Å². The number of aromatic nitrogens is 1. The smallest absolute Gasteiger partial charge is 0.329 e. The summed E-state index contributed by atoms with van der Waals surface area (Å²) in [6.07, 6.45) is 2.18. The molecule has 58 heavy (non-hydrogen) atoms. The molecule has 2 aromatic rings. The lowest BCUT2D eigenvalue weighted by molar-refractivity contribution is -0.163. The van der Waals surface area contributed by atoms with Gasteiger partial charge in [-0.1, -0.05) is 13.0 Å². The van der Waals surface area contributed by atoms with Crippen LogP contribution in [0.1, 0.15) is 76.1 Å². The molecule has 4 aliphatic heterocycles. The van der Waals surface area contributed by atoms with Crippen molar-refractivity contribution < 1.29 is 47.1 Å². The van der Waals surface area contributed by atoms with Gasteiger partial charge < -0.3 is 35.4 Å². The first kappa shape index (κ1) is 42.1. The number of pyridine rings is 1.